The Morgan fingerprint density at radius 2 is 2.43 bits per heavy atom. The predicted octanol–water partition coefficient (Wildman–Crippen LogP) is 2.28. The van der Waals surface area contributed by atoms with Crippen molar-refractivity contribution in [1.29, 1.82) is 0 Å². The number of hydrogen-bond acceptors (Lipinski definition) is 2. The Morgan fingerprint density at radius 3 is 2.57 bits per heavy atom. The summed E-state index contributed by atoms with van der Waals surface area (Å²) in [5.41, 5.74) is 0. The highest BCUT2D eigenvalue weighted by Gasteiger charge is 1.78. The van der Waals surface area contributed by atoms with Gasteiger partial charge in [-0.15, -0.1) is 11.8 Å². The van der Waals surface area contributed by atoms with Crippen LogP contribution in [0.3, 0.4) is 0 Å². The molecular formula is C5H8OS. The van der Waals surface area contributed by atoms with Crippen molar-refractivity contribution in [2.45, 2.75) is 6.92 Å². The molecule has 0 saturated heterocycles. The van der Waals surface area contributed by atoms with Gasteiger partial charge in [0.2, 0.25) is 0 Å². The molecule has 0 spiro atoms. The lowest BCUT2D eigenvalue weighted by Crippen LogP contribution is -1.58. The molecule has 0 atom stereocenters. The maximum atomic E-state index is 8.24. The third-order valence-electron chi connectivity index (χ3n) is 0.451. The van der Waals surface area contributed by atoms with Crippen LogP contribution in [0.4, 0.5) is 0 Å². The zero-order chi connectivity index (χ0) is 5.70. The monoisotopic (exact) mass is 116 g/mol. The van der Waals surface area contributed by atoms with Crippen molar-refractivity contribution in [3.05, 3.63) is 23.2 Å². The molecule has 0 aromatic heterocycles. The summed E-state index contributed by atoms with van der Waals surface area (Å²) < 4.78 is 0. The van der Waals surface area contributed by atoms with E-state index in [0.717, 1.165) is 11.2 Å². The number of aliphatic hydroxyl groups excluding tert-OH is 1. The summed E-state index contributed by atoms with van der Waals surface area (Å²) in [5, 5.41) is 9.90. The Labute approximate surface area is 47.7 Å². The summed E-state index contributed by atoms with van der Waals surface area (Å²) in [6.45, 7) is 5.27. The van der Waals surface area contributed by atoms with Crippen molar-refractivity contribution in [2.24, 2.45) is 0 Å². The Morgan fingerprint density at radius 1 is 1.86 bits per heavy atom. The van der Waals surface area contributed by atoms with E-state index in [4.69, 9.17) is 5.11 Å². The van der Waals surface area contributed by atoms with E-state index >= 15 is 0 Å². The second kappa shape index (κ2) is 3.81. The van der Waals surface area contributed by atoms with Gasteiger partial charge in [0.15, 0.2) is 0 Å². The maximum absolute atomic E-state index is 8.24. The summed E-state index contributed by atoms with van der Waals surface area (Å²) in [6.07, 6.45) is 1.06. The quantitative estimate of drug-likeness (QED) is 0.558. The van der Waals surface area contributed by atoms with Gasteiger partial charge in [-0.05, 0) is 12.3 Å². The van der Waals surface area contributed by atoms with Crippen LogP contribution in [-0.2, 0) is 0 Å². The van der Waals surface area contributed by atoms with E-state index in [-0.39, 0.29) is 0 Å². The Kier molecular flexibility index (Phi) is 3.61. The highest BCUT2D eigenvalue weighted by Crippen LogP contribution is 2.12. The molecule has 0 aromatic rings. The van der Waals surface area contributed by atoms with Gasteiger partial charge in [-0.3, -0.25) is 0 Å². The fourth-order valence-corrected chi connectivity index (χ4v) is 0.486. The molecule has 0 fully saturated rings. The standard InChI is InChI=1S/C5H8OS/c1-3-7-5(2)4-6/h3-4,6H,1H2,2H3. The minimum absolute atomic E-state index is 0.856. The van der Waals surface area contributed by atoms with Crippen molar-refractivity contribution < 1.29 is 5.11 Å². The highest BCUT2D eigenvalue weighted by molar-refractivity contribution is 8.05. The lowest BCUT2D eigenvalue weighted by molar-refractivity contribution is 0.471. The number of aliphatic hydroxyl groups is 1. The molecule has 1 N–H and O–H groups in total. The minimum atomic E-state index is 0.856. The van der Waals surface area contributed by atoms with E-state index in [2.05, 4.69) is 6.58 Å². The summed E-state index contributed by atoms with van der Waals surface area (Å²) in [6, 6.07) is 0. The van der Waals surface area contributed by atoms with Crippen LogP contribution >= 0.6 is 11.8 Å². The molecule has 0 aliphatic heterocycles. The molecule has 0 unspecified atom stereocenters. The van der Waals surface area contributed by atoms with Crippen LogP contribution in [0, 0.1) is 0 Å². The Bertz CT molecular complexity index is 86.1. The van der Waals surface area contributed by atoms with Crippen LogP contribution in [0.15, 0.2) is 23.2 Å². The molecule has 0 aliphatic carbocycles. The molecular weight excluding hydrogens is 108 g/mol. The second-order valence-corrected chi connectivity index (χ2v) is 2.24. The number of rotatable bonds is 2. The van der Waals surface area contributed by atoms with Gasteiger partial charge in [-0.25, -0.2) is 0 Å². The first-order valence-corrected chi connectivity index (χ1v) is 2.77. The fraction of sp³-hybridized carbons (Fsp3) is 0.200. The first-order chi connectivity index (χ1) is 3.31. The number of thioether (sulfide) groups is 1. The average molecular weight is 116 g/mol. The predicted molar refractivity (Wildman–Crippen MR) is 34.2 cm³/mol. The van der Waals surface area contributed by atoms with Crippen LogP contribution in [0.25, 0.3) is 0 Å². The molecule has 2 heteroatoms. The molecule has 0 aliphatic rings. The maximum Gasteiger partial charge on any atom is 0.0887 e. The van der Waals surface area contributed by atoms with Gasteiger partial charge in [-0.1, -0.05) is 6.58 Å². The third-order valence-corrected chi connectivity index (χ3v) is 1.09. The van der Waals surface area contributed by atoms with Crippen molar-refractivity contribution in [3.8, 4) is 0 Å². The van der Waals surface area contributed by atoms with Crippen LogP contribution in [0.5, 0.6) is 0 Å². The van der Waals surface area contributed by atoms with Gasteiger partial charge >= 0.3 is 0 Å². The highest BCUT2D eigenvalue weighted by atomic mass is 32.2. The molecule has 1 nitrogen and oxygen atoms in total. The molecule has 0 bridgehead atoms. The zero-order valence-electron chi connectivity index (χ0n) is 4.22. The van der Waals surface area contributed by atoms with Gasteiger partial charge in [0.05, 0.1) is 6.26 Å². The topological polar surface area (TPSA) is 20.2 Å². The molecule has 0 amide bonds. The van der Waals surface area contributed by atoms with Crippen molar-refractivity contribution >= 4 is 11.8 Å². The fourth-order valence-electron chi connectivity index (χ4n) is 0.162. The largest absolute Gasteiger partial charge is 0.515 e. The summed E-state index contributed by atoms with van der Waals surface area (Å²) >= 11 is 1.41. The smallest absolute Gasteiger partial charge is 0.0887 e. The molecule has 0 aromatic carbocycles. The van der Waals surface area contributed by atoms with E-state index in [1.54, 1.807) is 5.41 Å². The van der Waals surface area contributed by atoms with Gasteiger partial charge in [0, 0.05) is 4.91 Å². The Hall–Kier alpha value is -0.370. The molecule has 7 heavy (non-hydrogen) atoms. The van der Waals surface area contributed by atoms with Gasteiger partial charge < -0.3 is 5.11 Å². The first kappa shape index (κ1) is 6.63. The average Bonchev–Trinajstić information content (AvgIpc) is 1.68. The lowest BCUT2D eigenvalue weighted by Gasteiger charge is -1.85. The summed E-state index contributed by atoms with van der Waals surface area (Å²) in [4.78, 5) is 0.856. The van der Waals surface area contributed by atoms with Crippen molar-refractivity contribution in [2.75, 3.05) is 0 Å². The normalized spacial score (nSPS) is 11.3. The SMILES string of the molecule is C=CSC(C)=CO. The van der Waals surface area contributed by atoms with Crippen LogP contribution < -0.4 is 0 Å². The van der Waals surface area contributed by atoms with E-state index in [1.807, 2.05) is 6.92 Å². The van der Waals surface area contributed by atoms with E-state index in [1.165, 1.54) is 11.8 Å². The summed E-state index contributed by atoms with van der Waals surface area (Å²) in [7, 11) is 0. The summed E-state index contributed by atoms with van der Waals surface area (Å²) in [5.74, 6) is 0. The zero-order valence-corrected chi connectivity index (χ0v) is 5.03. The first-order valence-electron chi connectivity index (χ1n) is 1.89. The number of allylic oxidation sites excluding steroid dienone is 1. The van der Waals surface area contributed by atoms with Gasteiger partial charge in [-0.2, -0.15) is 0 Å². The van der Waals surface area contributed by atoms with Gasteiger partial charge in [0.1, 0.15) is 0 Å². The molecule has 40 valence electrons. The molecule has 0 saturated carbocycles. The second-order valence-electron chi connectivity index (χ2n) is 1.02. The van der Waals surface area contributed by atoms with E-state index < -0.39 is 0 Å². The minimum Gasteiger partial charge on any atom is -0.515 e. The number of hydrogen-bond donors (Lipinski definition) is 1. The lowest BCUT2D eigenvalue weighted by atomic mass is 10.7. The van der Waals surface area contributed by atoms with Crippen LogP contribution in [0.2, 0.25) is 0 Å². The third kappa shape index (κ3) is 3.46. The van der Waals surface area contributed by atoms with Crippen molar-refractivity contribution in [3.63, 3.8) is 0 Å². The molecule has 0 heterocycles. The van der Waals surface area contributed by atoms with Crippen LogP contribution in [0.1, 0.15) is 6.92 Å². The van der Waals surface area contributed by atoms with Crippen molar-refractivity contribution in [1.82, 2.24) is 0 Å². The van der Waals surface area contributed by atoms with Crippen LogP contribution in [-0.4, -0.2) is 5.11 Å². The Balaban J connectivity index is 3.36. The molecule has 0 rings (SSSR count). The molecule has 0 radical (unpaired) electrons. The van der Waals surface area contributed by atoms with E-state index in [0.29, 0.717) is 0 Å². The van der Waals surface area contributed by atoms with E-state index in [9.17, 15) is 0 Å². The van der Waals surface area contributed by atoms with Gasteiger partial charge in [0.25, 0.3) is 0 Å².